The molecule has 0 saturated heterocycles. The minimum Gasteiger partial charge on any atom is -0.265 e. The maximum Gasteiger partial charge on any atom is 0.124 e. The average Bonchev–Trinajstić information content (AvgIpc) is 3.37. The number of aromatic nitrogens is 3. The minimum absolute atomic E-state index is 0.913. The molecular formula is C31H19N3S. The Morgan fingerprint density at radius 3 is 2.11 bits per heavy atom. The molecule has 0 aliphatic heterocycles. The molecule has 0 atom stereocenters. The van der Waals surface area contributed by atoms with Gasteiger partial charge in [0.2, 0.25) is 0 Å². The van der Waals surface area contributed by atoms with Gasteiger partial charge < -0.3 is 0 Å². The lowest BCUT2D eigenvalue weighted by molar-refractivity contribution is 1.29. The lowest BCUT2D eigenvalue weighted by atomic mass is 9.94. The first-order chi connectivity index (χ1) is 17.3. The number of pyridine rings is 2. The van der Waals surface area contributed by atoms with Gasteiger partial charge in [-0.1, -0.05) is 60.7 Å². The van der Waals surface area contributed by atoms with Crippen molar-refractivity contribution in [2.75, 3.05) is 0 Å². The summed E-state index contributed by atoms with van der Waals surface area (Å²) >= 11 is 1.71. The van der Waals surface area contributed by atoms with Crippen molar-refractivity contribution in [3.8, 4) is 33.1 Å². The van der Waals surface area contributed by atoms with Crippen LogP contribution < -0.4 is 0 Å². The van der Waals surface area contributed by atoms with E-state index >= 15 is 0 Å². The third kappa shape index (κ3) is 3.47. The molecule has 0 unspecified atom stereocenters. The molecule has 7 aromatic rings. The molecule has 3 nitrogen and oxygen atoms in total. The fraction of sp³-hybridized carbons (Fsp3) is 0. The highest BCUT2D eigenvalue weighted by molar-refractivity contribution is 7.21. The van der Waals surface area contributed by atoms with Gasteiger partial charge in [-0.3, -0.25) is 4.98 Å². The Balaban J connectivity index is 1.53. The summed E-state index contributed by atoms with van der Waals surface area (Å²) in [5.74, 6) is 0. The summed E-state index contributed by atoms with van der Waals surface area (Å²) in [7, 11) is 0. The van der Waals surface area contributed by atoms with Gasteiger partial charge in [0, 0.05) is 29.1 Å². The van der Waals surface area contributed by atoms with Crippen LogP contribution in [0.3, 0.4) is 0 Å². The van der Waals surface area contributed by atoms with E-state index in [4.69, 9.17) is 9.97 Å². The van der Waals surface area contributed by atoms with E-state index < -0.39 is 0 Å². The summed E-state index contributed by atoms with van der Waals surface area (Å²) in [6.45, 7) is 0. The Morgan fingerprint density at radius 1 is 0.543 bits per heavy atom. The first kappa shape index (κ1) is 20.0. The van der Waals surface area contributed by atoms with Gasteiger partial charge in [0.05, 0.1) is 21.6 Å². The van der Waals surface area contributed by atoms with Crippen LogP contribution in [0.4, 0.5) is 0 Å². The van der Waals surface area contributed by atoms with Gasteiger partial charge in [0.1, 0.15) is 5.01 Å². The van der Waals surface area contributed by atoms with Crippen LogP contribution in [-0.4, -0.2) is 15.0 Å². The highest BCUT2D eigenvalue weighted by Gasteiger charge is 2.15. The molecule has 35 heavy (non-hydrogen) atoms. The van der Waals surface area contributed by atoms with Crippen molar-refractivity contribution in [2.45, 2.75) is 0 Å². The molecule has 4 heteroatoms. The summed E-state index contributed by atoms with van der Waals surface area (Å²) < 4.78 is 1.18. The molecule has 0 amide bonds. The van der Waals surface area contributed by atoms with Crippen LogP contribution >= 0.6 is 11.3 Å². The Morgan fingerprint density at radius 2 is 1.26 bits per heavy atom. The van der Waals surface area contributed by atoms with Crippen LogP contribution in [0, 0.1) is 0 Å². The molecule has 0 fully saturated rings. The van der Waals surface area contributed by atoms with Crippen LogP contribution in [-0.2, 0) is 0 Å². The van der Waals surface area contributed by atoms with Crippen LogP contribution in [0.15, 0.2) is 116 Å². The molecule has 0 bridgehead atoms. The molecule has 4 aromatic carbocycles. The van der Waals surface area contributed by atoms with Gasteiger partial charge in [-0.05, 0) is 64.0 Å². The second kappa shape index (κ2) is 8.12. The average molecular weight is 466 g/mol. The fourth-order valence-electron chi connectivity index (χ4n) is 4.72. The zero-order chi connectivity index (χ0) is 23.2. The summed E-state index contributed by atoms with van der Waals surface area (Å²) in [5, 5.41) is 5.89. The zero-order valence-corrected chi connectivity index (χ0v) is 19.5. The molecule has 0 radical (unpaired) electrons. The molecule has 0 aliphatic carbocycles. The van der Waals surface area contributed by atoms with E-state index in [0.29, 0.717) is 0 Å². The van der Waals surface area contributed by atoms with Crippen molar-refractivity contribution in [1.29, 1.82) is 0 Å². The molecule has 3 heterocycles. The van der Waals surface area contributed by atoms with Crippen LogP contribution in [0.25, 0.3) is 64.8 Å². The van der Waals surface area contributed by atoms with Gasteiger partial charge in [0.25, 0.3) is 0 Å². The van der Waals surface area contributed by atoms with Crippen molar-refractivity contribution in [1.82, 2.24) is 15.0 Å². The number of benzene rings is 4. The van der Waals surface area contributed by atoms with Gasteiger partial charge >= 0.3 is 0 Å². The van der Waals surface area contributed by atoms with E-state index in [1.54, 1.807) is 11.3 Å². The molecule has 3 aromatic heterocycles. The van der Waals surface area contributed by atoms with E-state index in [9.17, 15) is 0 Å². The second-order valence-corrected chi connectivity index (χ2v) is 9.57. The summed E-state index contributed by atoms with van der Waals surface area (Å²) in [5.41, 5.74) is 6.10. The van der Waals surface area contributed by atoms with Gasteiger partial charge in [-0.25, -0.2) is 9.97 Å². The topological polar surface area (TPSA) is 38.7 Å². The Hall–Kier alpha value is -4.41. The predicted molar refractivity (Wildman–Crippen MR) is 147 cm³/mol. The quantitative estimate of drug-likeness (QED) is 0.246. The molecular weight excluding hydrogens is 446 g/mol. The van der Waals surface area contributed by atoms with Crippen molar-refractivity contribution < 1.29 is 0 Å². The van der Waals surface area contributed by atoms with Gasteiger partial charge in [0.15, 0.2) is 0 Å². The van der Waals surface area contributed by atoms with E-state index in [1.807, 2.05) is 30.6 Å². The van der Waals surface area contributed by atoms with Crippen LogP contribution in [0.5, 0.6) is 0 Å². The van der Waals surface area contributed by atoms with Crippen molar-refractivity contribution in [2.24, 2.45) is 0 Å². The number of hydrogen-bond donors (Lipinski definition) is 0. The number of fused-ring (bicyclic) bond motifs is 4. The Kier molecular flexibility index (Phi) is 4.64. The summed E-state index contributed by atoms with van der Waals surface area (Å²) in [4.78, 5) is 14.3. The monoisotopic (exact) mass is 465 g/mol. The number of para-hydroxylation sites is 1. The van der Waals surface area contributed by atoms with E-state index in [-0.39, 0.29) is 0 Å². The molecule has 0 spiro atoms. The van der Waals surface area contributed by atoms with Gasteiger partial charge in [-0.2, -0.15) is 0 Å². The lowest BCUT2D eigenvalue weighted by Crippen LogP contribution is -1.93. The summed E-state index contributed by atoms with van der Waals surface area (Å²) in [6.07, 6.45) is 3.62. The molecule has 0 N–H and O–H groups in total. The number of hydrogen-bond acceptors (Lipinski definition) is 4. The maximum atomic E-state index is 5.16. The normalized spacial score (nSPS) is 11.4. The number of nitrogens with zero attached hydrogens (tertiary/aromatic N) is 3. The Bertz CT molecular complexity index is 1820. The van der Waals surface area contributed by atoms with Crippen molar-refractivity contribution >= 4 is 43.1 Å². The summed E-state index contributed by atoms with van der Waals surface area (Å²) in [6, 6.07) is 36.0. The van der Waals surface area contributed by atoms with E-state index in [1.165, 1.54) is 26.2 Å². The van der Waals surface area contributed by atoms with E-state index in [0.717, 1.165) is 38.6 Å². The molecule has 0 saturated carbocycles. The van der Waals surface area contributed by atoms with Crippen molar-refractivity contribution in [3.05, 3.63) is 116 Å². The van der Waals surface area contributed by atoms with Crippen molar-refractivity contribution in [3.63, 3.8) is 0 Å². The SMILES string of the molecule is c1ccc2c(c1)cc(-c1cc(-c3nc4ccccc4s3)cc(-c3ccncc3)n1)c1ccccc12. The standard InChI is InChI=1S/C31H19N3S/c1-2-8-23-21(7-1)17-26(25-10-4-3-9-24(23)25)29-19-22(18-28(33-29)20-13-15-32-16-14-20)31-34-27-11-5-6-12-30(27)35-31/h1-19H. The van der Waals surface area contributed by atoms with Gasteiger partial charge in [-0.15, -0.1) is 11.3 Å². The molecule has 7 rings (SSSR count). The highest BCUT2D eigenvalue weighted by Crippen LogP contribution is 2.38. The highest BCUT2D eigenvalue weighted by atomic mass is 32.1. The van der Waals surface area contributed by atoms with E-state index in [2.05, 4.69) is 89.9 Å². The molecule has 164 valence electrons. The zero-order valence-electron chi connectivity index (χ0n) is 18.7. The predicted octanol–water partition coefficient (Wildman–Crippen LogP) is 8.39. The van der Waals surface area contributed by atoms with Crippen LogP contribution in [0.2, 0.25) is 0 Å². The largest absolute Gasteiger partial charge is 0.265 e. The Labute approximate surface area is 206 Å². The number of thiazole rings is 1. The third-order valence-corrected chi connectivity index (χ3v) is 7.47. The number of rotatable bonds is 3. The van der Waals surface area contributed by atoms with Crippen LogP contribution in [0.1, 0.15) is 0 Å². The smallest absolute Gasteiger partial charge is 0.124 e. The minimum atomic E-state index is 0.913. The second-order valence-electron chi connectivity index (χ2n) is 8.54. The molecule has 0 aliphatic rings. The third-order valence-electron chi connectivity index (χ3n) is 6.39. The first-order valence-corrected chi connectivity index (χ1v) is 12.3. The maximum absolute atomic E-state index is 5.16. The fourth-order valence-corrected chi connectivity index (χ4v) is 5.68. The lowest BCUT2D eigenvalue weighted by Gasteiger charge is -2.13. The first-order valence-electron chi connectivity index (χ1n) is 11.5.